The Kier molecular flexibility index (Phi) is 38.9. The average molecular weight is 645 g/mol. The first-order chi connectivity index (χ1) is 19.6. The number of halogens is 1. The smallest absolute Gasteiger partial charge is 0.0780 e. The molecule has 0 aromatic rings. The number of nitrogens with zero attached hydrogens (tertiary/aromatic N) is 1. The number of unbranched alkanes of at least 4 members (excludes halogenated alkanes) is 33. The Morgan fingerprint density at radius 3 is 0.537 bits per heavy atom. The maximum atomic E-state index is 2.31. The molecule has 0 aliphatic carbocycles. The summed E-state index contributed by atoms with van der Waals surface area (Å²) in [6.45, 7) is 3.64. The SMILES string of the molecule is CCCCCCCCCCCCCCCCCCCCCCCCCCCCCCCCCCCC[N+](C)(C)C.[Br-]. The third-order valence-corrected chi connectivity index (χ3v) is 9.18. The van der Waals surface area contributed by atoms with E-state index in [2.05, 4.69) is 28.1 Å². The molecule has 0 heterocycles. The minimum absolute atomic E-state index is 0. The van der Waals surface area contributed by atoms with Crippen LogP contribution in [0.5, 0.6) is 0 Å². The quantitative estimate of drug-likeness (QED) is 0.0476. The summed E-state index contributed by atoms with van der Waals surface area (Å²) >= 11 is 0. The minimum atomic E-state index is 0. The van der Waals surface area contributed by atoms with Crippen LogP contribution in [0.25, 0.3) is 0 Å². The first-order valence-corrected chi connectivity index (χ1v) is 19.4. The molecule has 0 amide bonds. The van der Waals surface area contributed by atoms with Gasteiger partial charge in [-0.2, -0.15) is 0 Å². The zero-order valence-electron chi connectivity index (χ0n) is 29.6. The highest BCUT2D eigenvalue weighted by molar-refractivity contribution is 4.53. The molecule has 0 spiro atoms. The van der Waals surface area contributed by atoms with Crippen LogP contribution >= 0.6 is 0 Å². The van der Waals surface area contributed by atoms with Crippen LogP contribution in [0.2, 0.25) is 0 Å². The van der Waals surface area contributed by atoms with E-state index in [1.165, 1.54) is 225 Å². The average Bonchev–Trinajstić information content (AvgIpc) is 2.92. The van der Waals surface area contributed by atoms with E-state index in [1.807, 2.05) is 0 Å². The number of hydrogen-bond donors (Lipinski definition) is 0. The molecule has 0 aliphatic rings. The minimum Gasteiger partial charge on any atom is -1.00 e. The summed E-state index contributed by atoms with van der Waals surface area (Å²) in [5, 5.41) is 0. The monoisotopic (exact) mass is 644 g/mol. The summed E-state index contributed by atoms with van der Waals surface area (Å²) in [5.74, 6) is 0. The Bertz CT molecular complexity index is 443. The summed E-state index contributed by atoms with van der Waals surface area (Å²) in [7, 11) is 6.93. The van der Waals surface area contributed by atoms with Crippen molar-refractivity contribution in [2.45, 2.75) is 225 Å². The van der Waals surface area contributed by atoms with Crippen LogP contribution in [0.1, 0.15) is 225 Å². The van der Waals surface area contributed by atoms with Crippen LogP contribution < -0.4 is 17.0 Å². The van der Waals surface area contributed by atoms with Crippen molar-refractivity contribution in [3.8, 4) is 0 Å². The van der Waals surface area contributed by atoms with Crippen LogP contribution in [-0.4, -0.2) is 32.2 Å². The topological polar surface area (TPSA) is 0 Å². The second-order valence-electron chi connectivity index (χ2n) is 14.7. The Labute approximate surface area is 273 Å². The van der Waals surface area contributed by atoms with Crippen molar-refractivity contribution in [2.75, 3.05) is 27.7 Å². The lowest BCUT2D eigenvalue weighted by Gasteiger charge is -2.23. The summed E-state index contributed by atoms with van der Waals surface area (Å²) in [5.41, 5.74) is 0. The van der Waals surface area contributed by atoms with Gasteiger partial charge in [-0.3, -0.25) is 0 Å². The second-order valence-corrected chi connectivity index (χ2v) is 14.7. The first kappa shape index (κ1) is 43.6. The van der Waals surface area contributed by atoms with Crippen LogP contribution in [0.3, 0.4) is 0 Å². The van der Waals surface area contributed by atoms with E-state index >= 15 is 0 Å². The van der Waals surface area contributed by atoms with Gasteiger partial charge in [0.25, 0.3) is 0 Å². The fourth-order valence-electron chi connectivity index (χ4n) is 6.32. The number of quaternary nitrogens is 1. The van der Waals surface area contributed by atoms with Gasteiger partial charge in [0.1, 0.15) is 0 Å². The summed E-state index contributed by atoms with van der Waals surface area (Å²) in [6.07, 6.45) is 50.3. The summed E-state index contributed by atoms with van der Waals surface area (Å²) in [6, 6.07) is 0. The molecule has 250 valence electrons. The van der Waals surface area contributed by atoms with Gasteiger partial charge in [0, 0.05) is 0 Å². The van der Waals surface area contributed by atoms with Gasteiger partial charge in [0.2, 0.25) is 0 Å². The predicted molar refractivity (Wildman–Crippen MR) is 186 cm³/mol. The Balaban J connectivity index is 0. The molecule has 0 saturated carbocycles. The lowest BCUT2D eigenvalue weighted by molar-refractivity contribution is -0.870. The molecular weight excluding hydrogens is 562 g/mol. The van der Waals surface area contributed by atoms with Crippen molar-refractivity contribution in [1.82, 2.24) is 0 Å². The first-order valence-electron chi connectivity index (χ1n) is 19.4. The summed E-state index contributed by atoms with van der Waals surface area (Å²) < 4.78 is 1.12. The molecule has 0 bridgehead atoms. The van der Waals surface area contributed by atoms with Crippen molar-refractivity contribution in [1.29, 1.82) is 0 Å². The van der Waals surface area contributed by atoms with E-state index in [0.717, 1.165) is 4.48 Å². The molecule has 41 heavy (non-hydrogen) atoms. The Hall–Kier alpha value is 0.440. The highest BCUT2D eigenvalue weighted by Gasteiger charge is 2.05. The Morgan fingerprint density at radius 1 is 0.244 bits per heavy atom. The third kappa shape index (κ3) is 42.6. The third-order valence-electron chi connectivity index (χ3n) is 9.18. The molecule has 0 rings (SSSR count). The zero-order valence-corrected chi connectivity index (χ0v) is 31.2. The lowest BCUT2D eigenvalue weighted by atomic mass is 10.0. The van der Waals surface area contributed by atoms with Crippen molar-refractivity contribution in [3.63, 3.8) is 0 Å². The van der Waals surface area contributed by atoms with Crippen molar-refractivity contribution in [3.05, 3.63) is 0 Å². The second kappa shape index (κ2) is 36.6. The van der Waals surface area contributed by atoms with Gasteiger partial charge >= 0.3 is 0 Å². The largest absolute Gasteiger partial charge is 1.00 e. The normalized spacial score (nSPS) is 11.7. The molecule has 0 radical (unpaired) electrons. The zero-order chi connectivity index (χ0) is 29.2. The maximum Gasteiger partial charge on any atom is 0.0780 e. The highest BCUT2D eigenvalue weighted by Crippen LogP contribution is 2.17. The molecule has 0 aromatic carbocycles. The molecular formula is C39H82BrN. The fourth-order valence-corrected chi connectivity index (χ4v) is 6.32. The molecule has 1 nitrogen and oxygen atoms in total. The number of hydrogen-bond acceptors (Lipinski definition) is 0. The van der Waals surface area contributed by atoms with E-state index < -0.39 is 0 Å². The van der Waals surface area contributed by atoms with E-state index in [-0.39, 0.29) is 17.0 Å². The van der Waals surface area contributed by atoms with Gasteiger partial charge in [0.15, 0.2) is 0 Å². The molecule has 0 fully saturated rings. The van der Waals surface area contributed by atoms with Crippen molar-refractivity contribution >= 4 is 0 Å². The van der Waals surface area contributed by atoms with Crippen LogP contribution in [0.4, 0.5) is 0 Å². The van der Waals surface area contributed by atoms with E-state index in [4.69, 9.17) is 0 Å². The van der Waals surface area contributed by atoms with Gasteiger partial charge < -0.3 is 21.5 Å². The standard InChI is InChI=1S/C39H82N.BrH/c1-5-6-7-8-9-10-11-12-13-14-15-16-17-18-19-20-21-22-23-24-25-26-27-28-29-30-31-32-33-34-35-36-37-38-39-40(2,3)4;/h5-39H2,1-4H3;1H/q+1;/p-1. The molecule has 0 atom stereocenters. The van der Waals surface area contributed by atoms with E-state index in [1.54, 1.807) is 0 Å². The predicted octanol–water partition coefficient (Wildman–Crippen LogP) is 11.0. The van der Waals surface area contributed by atoms with Crippen LogP contribution in [0.15, 0.2) is 0 Å². The molecule has 0 unspecified atom stereocenters. The molecule has 0 N–H and O–H groups in total. The van der Waals surface area contributed by atoms with Crippen LogP contribution in [0, 0.1) is 0 Å². The summed E-state index contributed by atoms with van der Waals surface area (Å²) in [4.78, 5) is 0. The van der Waals surface area contributed by atoms with Crippen molar-refractivity contribution in [2.24, 2.45) is 0 Å². The maximum absolute atomic E-state index is 2.31. The molecule has 0 aliphatic heterocycles. The lowest BCUT2D eigenvalue weighted by Crippen LogP contribution is -3.00. The highest BCUT2D eigenvalue weighted by atomic mass is 79.9. The van der Waals surface area contributed by atoms with Gasteiger partial charge in [-0.1, -0.05) is 212 Å². The molecule has 0 saturated heterocycles. The van der Waals surface area contributed by atoms with Gasteiger partial charge in [-0.15, -0.1) is 0 Å². The molecule has 0 aromatic heterocycles. The fraction of sp³-hybridized carbons (Fsp3) is 1.00. The van der Waals surface area contributed by atoms with E-state index in [0.29, 0.717) is 0 Å². The van der Waals surface area contributed by atoms with Gasteiger partial charge in [0.05, 0.1) is 27.7 Å². The molecule has 2 heteroatoms. The van der Waals surface area contributed by atoms with Gasteiger partial charge in [-0.25, -0.2) is 0 Å². The van der Waals surface area contributed by atoms with Crippen LogP contribution in [-0.2, 0) is 0 Å². The Morgan fingerprint density at radius 2 is 0.390 bits per heavy atom. The van der Waals surface area contributed by atoms with E-state index in [9.17, 15) is 0 Å². The van der Waals surface area contributed by atoms with Crippen molar-refractivity contribution < 1.29 is 21.5 Å². The number of rotatable bonds is 35. The van der Waals surface area contributed by atoms with Gasteiger partial charge in [-0.05, 0) is 12.8 Å².